The van der Waals surface area contributed by atoms with Gasteiger partial charge in [-0.25, -0.2) is 0 Å². The van der Waals surface area contributed by atoms with Crippen LogP contribution >= 0.6 is 0 Å². The van der Waals surface area contributed by atoms with Gasteiger partial charge in [-0.15, -0.1) is 0 Å². The normalized spacial score (nSPS) is 25.5. The second-order valence-electron chi connectivity index (χ2n) is 7.75. The van der Waals surface area contributed by atoms with Crippen LogP contribution in [0.2, 0.25) is 0 Å². The van der Waals surface area contributed by atoms with Crippen molar-refractivity contribution in [1.29, 1.82) is 0 Å². The van der Waals surface area contributed by atoms with Crippen molar-refractivity contribution in [2.75, 3.05) is 13.2 Å². The van der Waals surface area contributed by atoms with Gasteiger partial charge >= 0.3 is 0 Å². The fourth-order valence-electron chi connectivity index (χ4n) is 3.77. The Morgan fingerprint density at radius 2 is 2.00 bits per heavy atom. The van der Waals surface area contributed by atoms with E-state index in [1.807, 2.05) is 0 Å². The largest absolute Gasteiger partial charge is 0.493 e. The Balaban J connectivity index is 1.74. The minimum Gasteiger partial charge on any atom is -0.493 e. The van der Waals surface area contributed by atoms with Gasteiger partial charge in [0.1, 0.15) is 5.75 Å². The van der Waals surface area contributed by atoms with Crippen molar-refractivity contribution in [3.8, 4) is 5.75 Å². The van der Waals surface area contributed by atoms with Gasteiger partial charge in [0.15, 0.2) is 0 Å². The van der Waals surface area contributed by atoms with Crippen LogP contribution in [0, 0.1) is 5.92 Å². The van der Waals surface area contributed by atoms with Crippen LogP contribution in [0.5, 0.6) is 5.75 Å². The lowest BCUT2D eigenvalue weighted by Gasteiger charge is -2.34. The molecule has 0 spiro atoms. The number of hydrogen-bond donors (Lipinski definition) is 1. The highest BCUT2D eigenvalue weighted by atomic mass is 16.5. The van der Waals surface area contributed by atoms with Gasteiger partial charge < -0.3 is 10.1 Å². The van der Waals surface area contributed by atoms with Gasteiger partial charge in [0.25, 0.3) is 0 Å². The molecule has 0 aromatic heterocycles. The highest BCUT2D eigenvalue weighted by Crippen LogP contribution is 2.39. The highest BCUT2D eigenvalue weighted by Gasteiger charge is 2.28. The summed E-state index contributed by atoms with van der Waals surface area (Å²) >= 11 is 0. The molecule has 1 saturated carbocycles. The molecule has 0 radical (unpaired) electrons. The van der Waals surface area contributed by atoms with E-state index in [1.54, 1.807) is 5.56 Å². The van der Waals surface area contributed by atoms with E-state index in [1.165, 1.54) is 31.2 Å². The zero-order valence-corrected chi connectivity index (χ0v) is 13.7. The molecule has 0 saturated heterocycles. The first-order valence-corrected chi connectivity index (χ1v) is 8.53. The molecule has 1 aromatic carbocycles. The molecule has 1 fully saturated rings. The van der Waals surface area contributed by atoms with Gasteiger partial charge in [0.2, 0.25) is 0 Å². The monoisotopic (exact) mass is 287 g/mol. The van der Waals surface area contributed by atoms with E-state index in [-0.39, 0.29) is 5.54 Å². The summed E-state index contributed by atoms with van der Waals surface area (Å²) in [5.41, 5.74) is 3.17. The molecule has 1 aliphatic carbocycles. The van der Waals surface area contributed by atoms with Crippen LogP contribution in [0.4, 0.5) is 0 Å². The van der Waals surface area contributed by atoms with E-state index in [4.69, 9.17) is 4.74 Å². The SMILES string of the molecule is CC(C)(C)NCC1CCCCC1c1ccc2c(c1)CCO2. The molecule has 0 bridgehead atoms. The van der Waals surface area contributed by atoms with E-state index in [2.05, 4.69) is 44.3 Å². The third kappa shape index (κ3) is 3.60. The molecule has 3 rings (SSSR count). The van der Waals surface area contributed by atoms with E-state index in [0.29, 0.717) is 0 Å². The molecule has 0 amide bonds. The van der Waals surface area contributed by atoms with Crippen LogP contribution in [-0.4, -0.2) is 18.7 Å². The van der Waals surface area contributed by atoms with Crippen molar-refractivity contribution < 1.29 is 4.74 Å². The summed E-state index contributed by atoms with van der Waals surface area (Å²) in [6, 6.07) is 6.92. The van der Waals surface area contributed by atoms with Crippen LogP contribution in [0.1, 0.15) is 63.5 Å². The quantitative estimate of drug-likeness (QED) is 0.895. The summed E-state index contributed by atoms with van der Waals surface area (Å²) in [5, 5.41) is 3.72. The summed E-state index contributed by atoms with van der Waals surface area (Å²) in [5.74, 6) is 2.61. The molecule has 2 heteroatoms. The van der Waals surface area contributed by atoms with Crippen LogP contribution in [0.3, 0.4) is 0 Å². The van der Waals surface area contributed by atoms with E-state index < -0.39 is 0 Å². The zero-order valence-electron chi connectivity index (χ0n) is 13.7. The summed E-state index contributed by atoms with van der Waals surface area (Å²) < 4.78 is 5.65. The first-order chi connectivity index (χ1) is 10.0. The van der Waals surface area contributed by atoms with Crippen molar-refractivity contribution in [2.45, 2.75) is 64.3 Å². The van der Waals surface area contributed by atoms with Crippen molar-refractivity contribution in [3.05, 3.63) is 29.3 Å². The summed E-state index contributed by atoms with van der Waals surface area (Å²) in [4.78, 5) is 0. The Kier molecular flexibility index (Phi) is 4.26. The molecule has 1 N–H and O–H groups in total. The van der Waals surface area contributed by atoms with Gasteiger partial charge in [0, 0.05) is 12.0 Å². The molecule has 2 atom stereocenters. The van der Waals surface area contributed by atoms with Gasteiger partial charge in [-0.2, -0.15) is 0 Å². The fourth-order valence-corrected chi connectivity index (χ4v) is 3.77. The second kappa shape index (κ2) is 6.00. The third-order valence-corrected chi connectivity index (χ3v) is 4.95. The standard InChI is InChI=1S/C19H29NO/c1-19(2,3)20-13-16-6-4-5-7-17(16)14-8-9-18-15(12-14)10-11-21-18/h8-9,12,16-17,20H,4-7,10-11,13H2,1-3H3. The Labute approximate surface area is 129 Å². The molecule has 1 aromatic rings. The molecule has 1 aliphatic heterocycles. The van der Waals surface area contributed by atoms with Crippen LogP contribution in [0.25, 0.3) is 0 Å². The topological polar surface area (TPSA) is 21.3 Å². The first kappa shape index (κ1) is 14.9. The lowest BCUT2D eigenvalue weighted by molar-refractivity contribution is 0.269. The third-order valence-electron chi connectivity index (χ3n) is 4.95. The molecule has 21 heavy (non-hydrogen) atoms. The Morgan fingerprint density at radius 1 is 1.19 bits per heavy atom. The predicted molar refractivity (Wildman–Crippen MR) is 88.1 cm³/mol. The molecule has 2 unspecified atom stereocenters. The van der Waals surface area contributed by atoms with E-state index in [9.17, 15) is 0 Å². The van der Waals surface area contributed by atoms with Gasteiger partial charge in [-0.05, 0) is 69.2 Å². The van der Waals surface area contributed by atoms with Gasteiger partial charge in [-0.1, -0.05) is 25.0 Å². The van der Waals surface area contributed by atoms with Crippen molar-refractivity contribution >= 4 is 0 Å². The number of nitrogens with one attached hydrogen (secondary N) is 1. The lowest BCUT2D eigenvalue weighted by atomic mass is 9.75. The second-order valence-corrected chi connectivity index (χ2v) is 7.75. The van der Waals surface area contributed by atoms with E-state index in [0.717, 1.165) is 37.2 Å². The molecule has 116 valence electrons. The van der Waals surface area contributed by atoms with Crippen molar-refractivity contribution in [2.24, 2.45) is 5.92 Å². The fraction of sp³-hybridized carbons (Fsp3) is 0.684. The molecular weight excluding hydrogens is 258 g/mol. The minimum atomic E-state index is 0.216. The van der Waals surface area contributed by atoms with Crippen LogP contribution in [-0.2, 0) is 6.42 Å². The summed E-state index contributed by atoms with van der Waals surface area (Å²) in [7, 11) is 0. The van der Waals surface area contributed by atoms with E-state index >= 15 is 0 Å². The Hall–Kier alpha value is -1.02. The number of ether oxygens (including phenoxy) is 1. The molecule has 2 aliphatic rings. The van der Waals surface area contributed by atoms with Crippen molar-refractivity contribution in [1.82, 2.24) is 5.32 Å². The molecule has 1 heterocycles. The van der Waals surface area contributed by atoms with Gasteiger partial charge in [-0.3, -0.25) is 0 Å². The molecular formula is C19H29NO. The summed E-state index contributed by atoms with van der Waals surface area (Å²) in [6.45, 7) is 8.78. The Bertz CT molecular complexity index is 489. The maximum atomic E-state index is 5.65. The maximum absolute atomic E-state index is 5.65. The maximum Gasteiger partial charge on any atom is 0.122 e. The molecule has 2 nitrogen and oxygen atoms in total. The lowest BCUT2D eigenvalue weighted by Crippen LogP contribution is -2.41. The highest BCUT2D eigenvalue weighted by molar-refractivity contribution is 5.41. The average Bonchev–Trinajstić information content (AvgIpc) is 2.92. The zero-order chi connectivity index (χ0) is 14.9. The number of benzene rings is 1. The van der Waals surface area contributed by atoms with Crippen LogP contribution < -0.4 is 10.1 Å². The number of rotatable bonds is 3. The number of hydrogen-bond acceptors (Lipinski definition) is 2. The summed E-state index contributed by atoms with van der Waals surface area (Å²) in [6.07, 6.45) is 6.56. The average molecular weight is 287 g/mol. The smallest absolute Gasteiger partial charge is 0.122 e. The predicted octanol–water partition coefficient (Wildman–Crippen LogP) is 4.28. The van der Waals surface area contributed by atoms with Crippen LogP contribution in [0.15, 0.2) is 18.2 Å². The first-order valence-electron chi connectivity index (χ1n) is 8.53. The number of fused-ring (bicyclic) bond motifs is 1. The Morgan fingerprint density at radius 3 is 2.81 bits per heavy atom. The van der Waals surface area contributed by atoms with Crippen molar-refractivity contribution in [3.63, 3.8) is 0 Å². The minimum absolute atomic E-state index is 0.216. The van der Waals surface area contributed by atoms with Gasteiger partial charge in [0.05, 0.1) is 6.61 Å².